The van der Waals surface area contributed by atoms with E-state index in [-0.39, 0.29) is 24.0 Å². The van der Waals surface area contributed by atoms with E-state index in [2.05, 4.69) is 95.3 Å². The Hall–Kier alpha value is -1.60. The van der Waals surface area contributed by atoms with Crippen LogP contribution in [0, 0.1) is 0 Å². The summed E-state index contributed by atoms with van der Waals surface area (Å²) in [5, 5.41) is 6.85. The number of aliphatic imine (C=N–C) groups is 1. The van der Waals surface area contributed by atoms with Crippen LogP contribution in [-0.4, -0.2) is 45.1 Å². The van der Waals surface area contributed by atoms with Crippen molar-refractivity contribution >= 4 is 29.9 Å². The van der Waals surface area contributed by atoms with E-state index in [4.69, 9.17) is 0 Å². The molecule has 0 saturated heterocycles. The molecule has 5 heteroatoms. The molecule has 2 rings (SSSR count). The predicted molar refractivity (Wildman–Crippen MR) is 122 cm³/mol. The smallest absolute Gasteiger partial charge is 0.191 e. The summed E-state index contributed by atoms with van der Waals surface area (Å²) < 4.78 is 0. The number of aryl methyl sites for hydroxylation is 1. The van der Waals surface area contributed by atoms with Gasteiger partial charge in [-0.25, -0.2) is 0 Å². The van der Waals surface area contributed by atoms with E-state index in [0.717, 1.165) is 31.9 Å². The minimum absolute atomic E-state index is 0. The Morgan fingerprint density at radius 3 is 2.15 bits per heavy atom. The van der Waals surface area contributed by atoms with E-state index >= 15 is 0 Å². The summed E-state index contributed by atoms with van der Waals surface area (Å²) in [6.45, 7) is 1.72. The number of nitrogens with zero attached hydrogens (tertiary/aromatic N) is 2. The van der Waals surface area contributed by atoms with Crippen LogP contribution in [-0.2, 0) is 6.42 Å². The molecule has 0 bridgehead atoms. The molecule has 0 radical (unpaired) electrons. The zero-order chi connectivity index (χ0) is 17.9. The Labute approximate surface area is 175 Å². The van der Waals surface area contributed by atoms with E-state index in [9.17, 15) is 0 Å². The largest absolute Gasteiger partial charge is 0.356 e. The average Bonchev–Trinajstić information content (AvgIpc) is 2.65. The molecule has 4 nitrogen and oxygen atoms in total. The Morgan fingerprint density at radius 1 is 0.962 bits per heavy atom. The van der Waals surface area contributed by atoms with E-state index in [1.54, 1.807) is 0 Å². The number of rotatable bonds is 8. The van der Waals surface area contributed by atoms with E-state index < -0.39 is 0 Å². The second-order valence-electron chi connectivity index (χ2n) is 6.36. The van der Waals surface area contributed by atoms with Gasteiger partial charge in [-0.2, -0.15) is 0 Å². The molecule has 0 heterocycles. The van der Waals surface area contributed by atoms with E-state index in [1.165, 1.54) is 11.1 Å². The van der Waals surface area contributed by atoms with Gasteiger partial charge in [0.2, 0.25) is 0 Å². The van der Waals surface area contributed by atoms with Crippen LogP contribution in [0.25, 0.3) is 0 Å². The Kier molecular flexibility index (Phi) is 11.0. The highest BCUT2D eigenvalue weighted by Gasteiger charge is 2.14. The SMILES string of the molecule is CN=C(NCCCc1ccccc1)NCC(c1ccccc1)N(C)C.I. The van der Waals surface area contributed by atoms with Gasteiger partial charge in [-0.1, -0.05) is 60.7 Å². The van der Waals surface area contributed by atoms with Crippen LogP contribution in [0.5, 0.6) is 0 Å². The second-order valence-corrected chi connectivity index (χ2v) is 6.36. The maximum Gasteiger partial charge on any atom is 0.191 e. The van der Waals surface area contributed by atoms with Gasteiger partial charge >= 0.3 is 0 Å². The lowest BCUT2D eigenvalue weighted by atomic mass is 10.1. The van der Waals surface area contributed by atoms with Crippen molar-refractivity contribution in [3.8, 4) is 0 Å². The molecule has 26 heavy (non-hydrogen) atoms. The molecular formula is C21H31IN4. The van der Waals surface area contributed by atoms with Gasteiger partial charge in [0.05, 0.1) is 6.04 Å². The van der Waals surface area contributed by atoms with Gasteiger partial charge in [-0.05, 0) is 38.1 Å². The number of hydrogen-bond donors (Lipinski definition) is 2. The highest BCUT2D eigenvalue weighted by Crippen LogP contribution is 2.16. The molecule has 0 aromatic heterocycles. The topological polar surface area (TPSA) is 39.7 Å². The Bertz CT molecular complexity index is 629. The third kappa shape index (κ3) is 7.74. The molecule has 0 fully saturated rings. The Morgan fingerprint density at radius 2 is 1.58 bits per heavy atom. The van der Waals surface area contributed by atoms with Crippen molar-refractivity contribution in [1.29, 1.82) is 0 Å². The molecule has 2 aromatic rings. The molecule has 0 aliphatic rings. The summed E-state index contributed by atoms with van der Waals surface area (Å²) in [4.78, 5) is 6.56. The van der Waals surface area contributed by atoms with Crippen LogP contribution in [0.2, 0.25) is 0 Å². The first-order valence-corrected chi connectivity index (χ1v) is 8.90. The maximum absolute atomic E-state index is 4.33. The fourth-order valence-electron chi connectivity index (χ4n) is 2.83. The molecule has 0 aliphatic heterocycles. The maximum atomic E-state index is 4.33. The number of halogens is 1. The number of benzene rings is 2. The minimum atomic E-state index is 0. The van der Waals surface area contributed by atoms with Crippen molar-refractivity contribution < 1.29 is 0 Å². The average molecular weight is 466 g/mol. The van der Waals surface area contributed by atoms with Crippen LogP contribution < -0.4 is 10.6 Å². The first-order chi connectivity index (χ1) is 12.2. The molecule has 0 saturated carbocycles. The van der Waals surface area contributed by atoms with Crippen molar-refractivity contribution in [2.24, 2.45) is 4.99 Å². The number of likely N-dealkylation sites (N-methyl/N-ethyl adjacent to an activating group) is 1. The molecule has 0 spiro atoms. The highest BCUT2D eigenvalue weighted by atomic mass is 127. The van der Waals surface area contributed by atoms with Crippen molar-refractivity contribution in [2.45, 2.75) is 18.9 Å². The second kappa shape index (κ2) is 12.7. The summed E-state index contributed by atoms with van der Waals surface area (Å²) in [6.07, 6.45) is 2.16. The van der Waals surface area contributed by atoms with Gasteiger partial charge in [0, 0.05) is 20.1 Å². The first kappa shape index (κ1) is 22.4. The zero-order valence-electron chi connectivity index (χ0n) is 16.0. The fraction of sp³-hybridized carbons (Fsp3) is 0.381. The van der Waals surface area contributed by atoms with Gasteiger partial charge in [0.25, 0.3) is 0 Å². The molecular weight excluding hydrogens is 435 g/mol. The lowest BCUT2D eigenvalue weighted by molar-refractivity contribution is 0.298. The van der Waals surface area contributed by atoms with Crippen LogP contribution in [0.1, 0.15) is 23.6 Å². The molecule has 0 aliphatic carbocycles. The fourth-order valence-corrected chi connectivity index (χ4v) is 2.83. The molecule has 142 valence electrons. The van der Waals surface area contributed by atoms with Gasteiger partial charge in [-0.15, -0.1) is 24.0 Å². The van der Waals surface area contributed by atoms with Crippen LogP contribution >= 0.6 is 24.0 Å². The summed E-state index contributed by atoms with van der Waals surface area (Å²) in [5.74, 6) is 0.857. The molecule has 1 unspecified atom stereocenters. The first-order valence-electron chi connectivity index (χ1n) is 8.90. The monoisotopic (exact) mass is 466 g/mol. The van der Waals surface area contributed by atoms with E-state index in [1.807, 2.05) is 7.05 Å². The van der Waals surface area contributed by atoms with Crippen molar-refractivity contribution in [1.82, 2.24) is 15.5 Å². The summed E-state index contributed by atoms with van der Waals surface area (Å²) in [5.41, 5.74) is 2.68. The third-order valence-electron chi connectivity index (χ3n) is 4.27. The van der Waals surface area contributed by atoms with Crippen LogP contribution in [0.4, 0.5) is 0 Å². The van der Waals surface area contributed by atoms with Crippen molar-refractivity contribution in [3.63, 3.8) is 0 Å². The zero-order valence-corrected chi connectivity index (χ0v) is 18.3. The van der Waals surface area contributed by atoms with Crippen molar-refractivity contribution in [2.75, 3.05) is 34.2 Å². The minimum Gasteiger partial charge on any atom is -0.356 e. The molecule has 2 N–H and O–H groups in total. The molecule has 1 atom stereocenters. The highest BCUT2D eigenvalue weighted by molar-refractivity contribution is 14.0. The third-order valence-corrected chi connectivity index (χ3v) is 4.27. The van der Waals surface area contributed by atoms with Crippen LogP contribution in [0.3, 0.4) is 0 Å². The Balaban J connectivity index is 0.00000338. The van der Waals surface area contributed by atoms with Gasteiger partial charge in [0.15, 0.2) is 5.96 Å². The van der Waals surface area contributed by atoms with Gasteiger partial charge in [-0.3, -0.25) is 4.99 Å². The summed E-state index contributed by atoms with van der Waals surface area (Å²) in [7, 11) is 6.03. The quantitative estimate of drug-likeness (QED) is 0.270. The molecule has 0 amide bonds. The van der Waals surface area contributed by atoms with Gasteiger partial charge in [0.1, 0.15) is 0 Å². The summed E-state index contributed by atoms with van der Waals surface area (Å²) >= 11 is 0. The number of hydrogen-bond acceptors (Lipinski definition) is 2. The lowest BCUT2D eigenvalue weighted by Crippen LogP contribution is -2.42. The standard InChI is InChI=1S/C21H30N4.HI/c1-22-21(23-16-10-13-18-11-6-4-7-12-18)24-17-20(25(2)3)19-14-8-5-9-15-19;/h4-9,11-12,14-15,20H,10,13,16-17H2,1-3H3,(H2,22,23,24);1H. The lowest BCUT2D eigenvalue weighted by Gasteiger charge is -2.26. The summed E-state index contributed by atoms with van der Waals surface area (Å²) in [6, 6.07) is 21.5. The van der Waals surface area contributed by atoms with Crippen LogP contribution in [0.15, 0.2) is 65.7 Å². The van der Waals surface area contributed by atoms with Crippen molar-refractivity contribution in [3.05, 3.63) is 71.8 Å². The normalized spacial score (nSPS) is 12.4. The van der Waals surface area contributed by atoms with E-state index in [0.29, 0.717) is 6.04 Å². The number of guanidine groups is 1. The van der Waals surface area contributed by atoms with Gasteiger partial charge < -0.3 is 15.5 Å². The molecule has 2 aromatic carbocycles. The number of nitrogens with one attached hydrogen (secondary N) is 2. The predicted octanol–water partition coefficient (Wildman–Crippen LogP) is 3.71.